The van der Waals surface area contributed by atoms with Crippen molar-refractivity contribution in [2.24, 2.45) is 5.92 Å². The molecule has 2 aromatic heterocycles. The van der Waals surface area contributed by atoms with E-state index in [2.05, 4.69) is 25.9 Å². The van der Waals surface area contributed by atoms with E-state index in [9.17, 15) is 4.79 Å². The average molecular weight is 337 g/mol. The zero-order chi connectivity index (χ0) is 17.1. The van der Waals surface area contributed by atoms with E-state index in [0.29, 0.717) is 18.4 Å². The third kappa shape index (κ3) is 3.85. The Balaban J connectivity index is 1.43. The van der Waals surface area contributed by atoms with Crippen molar-refractivity contribution < 1.29 is 4.79 Å². The van der Waals surface area contributed by atoms with Gasteiger partial charge in [0.1, 0.15) is 0 Å². The second-order valence-corrected chi connectivity index (χ2v) is 7.02. The molecule has 25 heavy (non-hydrogen) atoms. The minimum absolute atomic E-state index is 0.164. The van der Waals surface area contributed by atoms with Crippen LogP contribution in [0.1, 0.15) is 24.2 Å². The van der Waals surface area contributed by atoms with Crippen LogP contribution < -0.4 is 0 Å². The minimum atomic E-state index is 0.164. The highest BCUT2D eigenvalue weighted by atomic mass is 16.2. The van der Waals surface area contributed by atoms with Gasteiger partial charge in [0.15, 0.2) is 0 Å². The Hall–Kier alpha value is -2.34. The molecule has 2 atom stereocenters. The summed E-state index contributed by atoms with van der Waals surface area (Å²) in [5.74, 6) is 0.713. The average Bonchev–Trinajstić information content (AvgIpc) is 2.95. The molecule has 0 aliphatic carbocycles. The maximum Gasteiger partial charge on any atom is 0.228 e. The molecule has 0 radical (unpaired) electrons. The number of carbonyl (C=O) groups excluding carboxylic acids is 1. The zero-order valence-electron chi connectivity index (χ0n) is 14.3. The van der Waals surface area contributed by atoms with E-state index in [1.807, 2.05) is 23.2 Å². The fraction of sp³-hybridized carbons (Fsp3) is 0.474. The number of hydrogen-bond donors (Lipinski definition) is 0. The van der Waals surface area contributed by atoms with Crippen molar-refractivity contribution in [3.63, 3.8) is 0 Å². The molecule has 0 saturated carbocycles. The summed E-state index contributed by atoms with van der Waals surface area (Å²) in [6, 6.07) is 6.49. The Morgan fingerprint density at radius 1 is 1.04 bits per heavy atom. The molecule has 6 nitrogen and oxygen atoms in total. The third-order valence-corrected chi connectivity index (χ3v) is 5.22. The topological polar surface area (TPSA) is 62.2 Å². The van der Waals surface area contributed by atoms with Gasteiger partial charge in [0.2, 0.25) is 5.91 Å². The van der Waals surface area contributed by atoms with E-state index in [1.54, 1.807) is 18.6 Å². The summed E-state index contributed by atoms with van der Waals surface area (Å²) < 4.78 is 0. The SMILES string of the molecule is O=C(Cc1cnccn1)N1C[C@@H]2CC[C@H](C1)N(Cc1ccccn1)C2. The maximum atomic E-state index is 12.7. The largest absolute Gasteiger partial charge is 0.340 e. The number of nitrogens with zero attached hydrogens (tertiary/aromatic N) is 5. The summed E-state index contributed by atoms with van der Waals surface area (Å²) >= 11 is 0. The molecule has 0 unspecified atom stereocenters. The summed E-state index contributed by atoms with van der Waals surface area (Å²) in [4.78, 5) is 30.0. The maximum absolute atomic E-state index is 12.7. The molecule has 130 valence electrons. The van der Waals surface area contributed by atoms with Crippen molar-refractivity contribution >= 4 is 5.91 Å². The highest BCUT2D eigenvalue weighted by molar-refractivity contribution is 5.78. The summed E-state index contributed by atoms with van der Waals surface area (Å²) in [7, 11) is 0. The van der Waals surface area contributed by atoms with Crippen LogP contribution in [0.3, 0.4) is 0 Å². The van der Waals surface area contributed by atoms with Gasteiger partial charge in [-0.3, -0.25) is 24.6 Å². The van der Waals surface area contributed by atoms with Gasteiger partial charge < -0.3 is 4.90 Å². The molecular weight excluding hydrogens is 314 g/mol. The van der Waals surface area contributed by atoms with Gasteiger partial charge in [-0.1, -0.05) is 6.07 Å². The van der Waals surface area contributed by atoms with Gasteiger partial charge in [-0.15, -0.1) is 0 Å². The predicted octanol–water partition coefficient (Wildman–Crippen LogP) is 1.54. The number of fused-ring (bicyclic) bond motifs is 4. The first kappa shape index (κ1) is 16.1. The Morgan fingerprint density at radius 2 is 1.96 bits per heavy atom. The van der Waals surface area contributed by atoms with Crippen LogP contribution in [0.5, 0.6) is 0 Å². The van der Waals surface area contributed by atoms with E-state index in [4.69, 9.17) is 0 Å². The molecule has 0 aromatic carbocycles. The van der Waals surface area contributed by atoms with Gasteiger partial charge in [-0.2, -0.15) is 0 Å². The van der Waals surface area contributed by atoms with Crippen molar-refractivity contribution in [2.75, 3.05) is 19.6 Å². The summed E-state index contributed by atoms with van der Waals surface area (Å²) in [6.07, 6.45) is 9.51. The third-order valence-electron chi connectivity index (χ3n) is 5.22. The lowest BCUT2D eigenvalue weighted by Gasteiger charge is -2.35. The van der Waals surface area contributed by atoms with Gasteiger partial charge >= 0.3 is 0 Å². The molecule has 3 fully saturated rings. The second kappa shape index (κ2) is 7.27. The molecule has 1 amide bonds. The molecule has 3 aliphatic rings. The first-order valence-electron chi connectivity index (χ1n) is 8.94. The Bertz CT molecular complexity index is 708. The number of amides is 1. The van der Waals surface area contributed by atoms with Crippen LogP contribution in [0.15, 0.2) is 43.0 Å². The van der Waals surface area contributed by atoms with Crippen LogP contribution in [0.2, 0.25) is 0 Å². The second-order valence-electron chi connectivity index (χ2n) is 7.02. The highest BCUT2D eigenvalue weighted by Gasteiger charge is 2.36. The van der Waals surface area contributed by atoms with Gasteiger partial charge in [0, 0.05) is 57.0 Å². The predicted molar refractivity (Wildman–Crippen MR) is 93.5 cm³/mol. The van der Waals surface area contributed by atoms with E-state index in [-0.39, 0.29) is 5.91 Å². The van der Waals surface area contributed by atoms with Gasteiger partial charge in [0.05, 0.1) is 17.8 Å². The zero-order valence-corrected chi connectivity index (χ0v) is 14.3. The number of piperidine rings is 1. The van der Waals surface area contributed by atoms with E-state index in [0.717, 1.165) is 44.0 Å². The van der Waals surface area contributed by atoms with Crippen LogP contribution in [0.25, 0.3) is 0 Å². The van der Waals surface area contributed by atoms with Crippen molar-refractivity contribution in [1.29, 1.82) is 0 Å². The van der Waals surface area contributed by atoms with Crippen molar-refractivity contribution in [2.45, 2.75) is 31.8 Å². The van der Waals surface area contributed by atoms with Crippen molar-refractivity contribution in [3.05, 3.63) is 54.4 Å². The number of aromatic nitrogens is 3. The summed E-state index contributed by atoms with van der Waals surface area (Å²) in [5, 5.41) is 0. The minimum Gasteiger partial charge on any atom is -0.340 e. The monoisotopic (exact) mass is 337 g/mol. The van der Waals surface area contributed by atoms with Crippen LogP contribution in [-0.2, 0) is 17.8 Å². The van der Waals surface area contributed by atoms with E-state index in [1.165, 1.54) is 6.42 Å². The molecule has 0 N–H and O–H groups in total. The summed E-state index contributed by atoms with van der Waals surface area (Å²) in [5.41, 5.74) is 1.85. The van der Waals surface area contributed by atoms with Crippen LogP contribution >= 0.6 is 0 Å². The molecular formula is C19H23N5O. The van der Waals surface area contributed by atoms with Gasteiger partial charge in [-0.05, 0) is 30.9 Å². The Morgan fingerprint density at radius 3 is 2.76 bits per heavy atom. The van der Waals surface area contributed by atoms with Crippen LogP contribution in [0.4, 0.5) is 0 Å². The van der Waals surface area contributed by atoms with Crippen molar-refractivity contribution in [3.8, 4) is 0 Å². The number of carbonyl (C=O) groups is 1. The molecule has 3 aliphatic heterocycles. The molecule has 5 heterocycles. The molecule has 3 saturated heterocycles. The molecule has 5 rings (SSSR count). The molecule has 0 spiro atoms. The quantitative estimate of drug-likeness (QED) is 0.847. The first-order valence-corrected chi connectivity index (χ1v) is 8.94. The van der Waals surface area contributed by atoms with Gasteiger partial charge in [-0.25, -0.2) is 0 Å². The first-order chi connectivity index (χ1) is 12.3. The van der Waals surface area contributed by atoms with Crippen molar-refractivity contribution in [1.82, 2.24) is 24.8 Å². The molecule has 2 aromatic rings. The fourth-order valence-electron chi connectivity index (χ4n) is 3.96. The number of hydrogen-bond acceptors (Lipinski definition) is 5. The van der Waals surface area contributed by atoms with E-state index < -0.39 is 0 Å². The molecule has 6 heteroatoms. The Kier molecular flexibility index (Phi) is 4.70. The number of pyridine rings is 1. The van der Waals surface area contributed by atoms with Gasteiger partial charge in [0.25, 0.3) is 0 Å². The van der Waals surface area contributed by atoms with E-state index >= 15 is 0 Å². The molecule has 2 bridgehead atoms. The Labute approximate surface area is 147 Å². The smallest absolute Gasteiger partial charge is 0.228 e. The lowest BCUT2D eigenvalue weighted by Crippen LogP contribution is -2.44. The van der Waals surface area contributed by atoms with Crippen LogP contribution in [-0.4, -0.2) is 56.3 Å². The number of rotatable bonds is 4. The lowest BCUT2D eigenvalue weighted by molar-refractivity contribution is -0.130. The van der Waals surface area contributed by atoms with Crippen LogP contribution in [0, 0.1) is 5.92 Å². The fourth-order valence-corrected chi connectivity index (χ4v) is 3.96. The summed E-state index contributed by atoms with van der Waals surface area (Å²) in [6.45, 7) is 3.58. The highest BCUT2D eigenvalue weighted by Crippen LogP contribution is 2.29. The standard InChI is InChI=1S/C19H23N5O/c25-19(9-17-10-20-7-8-22-17)24-12-15-4-5-18(14-24)23(11-15)13-16-3-1-2-6-21-16/h1-3,6-8,10,15,18H,4-5,9,11-14H2/t15-,18-/m1/s1. The lowest BCUT2D eigenvalue weighted by atomic mass is 9.95. The normalized spacial score (nSPS) is 23.4.